The topological polar surface area (TPSA) is 80.4 Å². The highest BCUT2D eigenvalue weighted by Crippen LogP contribution is 2.31. The molecule has 1 rings (SSSR count). The van der Waals surface area contributed by atoms with E-state index in [0.717, 1.165) is 12.1 Å². The average molecular weight is 290 g/mol. The first kappa shape index (κ1) is 12.3. The van der Waals surface area contributed by atoms with E-state index in [4.69, 9.17) is 5.11 Å². The highest BCUT2D eigenvalue weighted by Gasteiger charge is 2.20. The molecule has 5 nitrogen and oxygen atoms in total. The summed E-state index contributed by atoms with van der Waals surface area (Å²) in [5, 5.41) is 19.0. The molecule has 84 valence electrons. The average Bonchev–Trinajstić information content (AvgIpc) is 2.18. The Morgan fingerprint density at radius 1 is 1.56 bits per heavy atom. The van der Waals surface area contributed by atoms with Crippen LogP contribution in [0.25, 0.3) is 6.08 Å². The van der Waals surface area contributed by atoms with Gasteiger partial charge in [-0.1, -0.05) is 0 Å². The maximum absolute atomic E-state index is 13.3. The minimum absolute atomic E-state index is 0.0870. The van der Waals surface area contributed by atoms with Gasteiger partial charge in [0.25, 0.3) is 5.69 Å². The molecule has 16 heavy (non-hydrogen) atoms. The van der Waals surface area contributed by atoms with Crippen LogP contribution in [0.15, 0.2) is 22.7 Å². The van der Waals surface area contributed by atoms with Crippen LogP contribution in [-0.2, 0) is 4.79 Å². The maximum atomic E-state index is 13.3. The number of carboxylic acids is 1. The zero-order valence-corrected chi connectivity index (χ0v) is 9.27. The number of benzene rings is 1. The van der Waals surface area contributed by atoms with Crippen molar-refractivity contribution in [3.63, 3.8) is 0 Å². The third kappa shape index (κ3) is 2.63. The lowest BCUT2D eigenvalue weighted by Gasteiger charge is -2.01. The number of hydrogen-bond acceptors (Lipinski definition) is 3. The van der Waals surface area contributed by atoms with Gasteiger partial charge in [-0.3, -0.25) is 10.1 Å². The molecule has 1 N–H and O–H groups in total. The van der Waals surface area contributed by atoms with Crippen molar-refractivity contribution in [2.75, 3.05) is 0 Å². The van der Waals surface area contributed by atoms with Gasteiger partial charge in [-0.05, 0) is 34.1 Å². The van der Waals surface area contributed by atoms with E-state index in [0.29, 0.717) is 6.08 Å². The van der Waals surface area contributed by atoms with Crippen molar-refractivity contribution in [1.82, 2.24) is 0 Å². The predicted octanol–water partition coefficient (Wildman–Crippen LogP) is 2.59. The summed E-state index contributed by atoms with van der Waals surface area (Å²) in [6, 6.07) is 2.20. The number of nitro groups is 1. The van der Waals surface area contributed by atoms with Gasteiger partial charge in [0.15, 0.2) is 0 Å². The number of aliphatic carboxylic acids is 1. The summed E-state index contributed by atoms with van der Waals surface area (Å²) >= 11 is 2.90. The SMILES string of the molecule is O=C(O)/C=C/c1c(F)ccc(Br)c1[N+](=O)[O-]. The Kier molecular flexibility index (Phi) is 3.73. The van der Waals surface area contributed by atoms with Crippen LogP contribution in [0.2, 0.25) is 0 Å². The molecule has 0 fully saturated rings. The fourth-order valence-electron chi connectivity index (χ4n) is 1.06. The number of nitro benzene ring substituents is 1. The lowest BCUT2D eigenvalue weighted by Crippen LogP contribution is -1.96. The van der Waals surface area contributed by atoms with E-state index in [1.807, 2.05) is 0 Å². The Morgan fingerprint density at radius 2 is 2.19 bits per heavy atom. The molecule has 0 bridgehead atoms. The van der Waals surface area contributed by atoms with Gasteiger partial charge in [0.2, 0.25) is 0 Å². The van der Waals surface area contributed by atoms with Crippen LogP contribution in [0.3, 0.4) is 0 Å². The first-order chi connectivity index (χ1) is 7.43. The Balaban J connectivity index is 3.40. The van der Waals surface area contributed by atoms with E-state index in [9.17, 15) is 19.3 Å². The Hall–Kier alpha value is -1.76. The monoisotopic (exact) mass is 289 g/mol. The number of carboxylic acid groups (broad SMARTS) is 1. The quantitative estimate of drug-likeness (QED) is 0.527. The third-order valence-electron chi connectivity index (χ3n) is 1.69. The molecule has 0 saturated carbocycles. The lowest BCUT2D eigenvalue weighted by molar-refractivity contribution is -0.386. The number of rotatable bonds is 3. The summed E-state index contributed by atoms with van der Waals surface area (Å²) in [7, 11) is 0. The molecule has 0 atom stereocenters. The van der Waals surface area contributed by atoms with Crippen molar-refractivity contribution < 1.29 is 19.2 Å². The molecular formula is C9H5BrFNO4. The molecule has 0 aliphatic carbocycles. The van der Waals surface area contributed by atoms with E-state index in [1.165, 1.54) is 6.07 Å². The minimum Gasteiger partial charge on any atom is -0.478 e. The van der Waals surface area contributed by atoms with Crippen LogP contribution in [0, 0.1) is 15.9 Å². The largest absolute Gasteiger partial charge is 0.478 e. The smallest absolute Gasteiger partial charge is 0.328 e. The van der Waals surface area contributed by atoms with Gasteiger partial charge in [0, 0.05) is 6.08 Å². The second-order valence-corrected chi connectivity index (χ2v) is 3.57. The van der Waals surface area contributed by atoms with Crippen molar-refractivity contribution in [2.24, 2.45) is 0 Å². The van der Waals surface area contributed by atoms with Gasteiger partial charge >= 0.3 is 5.97 Å². The standard InChI is InChI=1S/C9H5BrFNO4/c10-6-2-3-7(11)5(1-4-8(13)14)9(6)12(15)16/h1-4H,(H,13,14)/b4-1+. The van der Waals surface area contributed by atoms with E-state index in [1.54, 1.807) is 0 Å². The predicted molar refractivity (Wildman–Crippen MR) is 57.4 cm³/mol. The van der Waals surface area contributed by atoms with Crippen molar-refractivity contribution in [3.05, 3.63) is 44.2 Å². The normalized spacial score (nSPS) is 10.6. The summed E-state index contributed by atoms with van der Waals surface area (Å²) in [5.41, 5.74) is -0.876. The van der Waals surface area contributed by atoms with Crippen LogP contribution in [-0.4, -0.2) is 16.0 Å². The summed E-state index contributed by atoms with van der Waals surface area (Å²) in [6.07, 6.45) is 1.48. The molecule has 0 heterocycles. The van der Waals surface area contributed by atoms with Crippen LogP contribution < -0.4 is 0 Å². The zero-order valence-electron chi connectivity index (χ0n) is 7.68. The third-order valence-corrected chi connectivity index (χ3v) is 2.33. The molecule has 0 aromatic heterocycles. The lowest BCUT2D eigenvalue weighted by atomic mass is 10.1. The van der Waals surface area contributed by atoms with Gasteiger partial charge in [0.1, 0.15) is 5.82 Å². The molecule has 0 radical (unpaired) electrons. The zero-order chi connectivity index (χ0) is 12.3. The molecule has 0 saturated heterocycles. The van der Waals surface area contributed by atoms with Crippen LogP contribution in [0.1, 0.15) is 5.56 Å². The van der Waals surface area contributed by atoms with Gasteiger partial charge in [-0.25, -0.2) is 9.18 Å². The Morgan fingerprint density at radius 3 is 2.69 bits per heavy atom. The number of nitrogens with zero attached hydrogens (tertiary/aromatic N) is 1. The summed E-state index contributed by atoms with van der Waals surface area (Å²) in [5.74, 6) is -2.17. The molecule has 1 aromatic carbocycles. The highest BCUT2D eigenvalue weighted by atomic mass is 79.9. The van der Waals surface area contributed by atoms with Crippen LogP contribution >= 0.6 is 15.9 Å². The van der Waals surface area contributed by atoms with E-state index < -0.39 is 22.4 Å². The number of halogens is 2. The molecule has 7 heteroatoms. The van der Waals surface area contributed by atoms with Crippen molar-refractivity contribution in [3.8, 4) is 0 Å². The van der Waals surface area contributed by atoms with Gasteiger partial charge in [-0.2, -0.15) is 0 Å². The summed E-state index contributed by atoms with van der Waals surface area (Å²) < 4.78 is 13.4. The second kappa shape index (κ2) is 4.84. The first-order valence-corrected chi connectivity index (χ1v) is 4.76. The van der Waals surface area contributed by atoms with Crippen LogP contribution in [0.5, 0.6) is 0 Å². The van der Waals surface area contributed by atoms with Gasteiger partial charge < -0.3 is 5.11 Å². The van der Waals surface area contributed by atoms with E-state index >= 15 is 0 Å². The van der Waals surface area contributed by atoms with E-state index in [2.05, 4.69) is 15.9 Å². The van der Waals surface area contributed by atoms with Crippen LogP contribution in [0.4, 0.5) is 10.1 Å². The molecule has 0 amide bonds. The fraction of sp³-hybridized carbons (Fsp3) is 0. The maximum Gasteiger partial charge on any atom is 0.328 e. The van der Waals surface area contributed by atoms with Crippen molar-refractivity contribution in [2.45, 2.75) is 0 Å². The molecule has 1 aromatic rings. The van der Waals surface area contributed by atoms with Crippen molar-refractivity contribution in [1.29, 1.82) is 0 Å². The fourth-order valence-corrected chi connectivity index (χ4v) is 1.55. The molecule has 0 unspecified atom stereocenters. The number of carbonyl (C=O) groups is 1. The van der Waals surface area contributed by atoms with Gasteiger partial charge in [-0.15, -0.1) is 0 Å². The summed E-state index contributed by atoms with van der Waals surface area (Å²) in [6.45, 7) is 0. The highest BCUT2D eigenvalue weighted by molar-refractivity contribution is 9.10. The Bertz CT molecular complexity index is 487. The first-order valence-electron chi connectivity index (χ1n) is 3.97. The minimum atomic E-state index is -1.31. The Labute approximate surface area is 97.5 Å². The second-order valence-electron chi connectivity index (χ2n) is 2.72. The summed E-state index contributed by atoms with van der Waals surface area (Å²) in [4.78, 5) is 20.1. The van der Waals surface area contributed by atoms with Crippen molar-refractivity contribution >= 4 is 33.7 Å². The van der Waals surface area contributed by atoms with Gasteiger partial charge in [0.05, 0.1) is 15.0 Å². The van der Waals surface area contributed by atoms with E-state index in [-0.39, 0.29) is 10.0 Å². The molecular weight excluding hydrogens is 285 g/mol. The molecule has 0 aliphatic heterocycles. The number of hydrogen-bond donors (Lipinski definition) is 1. The molecule has 0 spiro atoms. The molecule has 0 aliphatic rings.